The second kappa shape index (κ2) is 6.37. The number of benzene rings is 2. The molecule has 5 nitrogen and oxygen atoms in total. The summed E-state index contributed by atoms with van der Waals surface area (Å²) in [7, 11) is 0. The van der Waals surface area contributed by atoms with Crippen LogP contribution in [0, 0.1) is 17.0 Å². The second-order valence-corrected chi connectivity index (χ2v) is 5.00. The van der Waals surface area contributed by atoms with Crippen LogP contribution in [0.4, 0.5) is 5.69 Å². The van der Waals surface area contributed by atoms with E-state index < -0.39 is 4.92 Å². The number of hydrogen-bond donors (Lipinski definition) is 1. The van der Waals surface area contributed by atoms with Crippen LogP contribution in [0.15, 0.2) is 42.5 Å². The third-order valence-corrected chi connectivity index (χ3v) is 3.30. The van der Waals surface area contributed by atoms with Gasteiger partial charge in [0.2, 0.25) is 0 Å². The zero-order valence-corrected chi connectivity index (χ0v) is 12.1. The van der Waals surface area contributed by atoms with Crippen molar-refractivity contribution in [3.8, 4) is 0 Å². The highest BCUT2D eigenvalue weighted by atomic mass is 35.5. The van der Waals surface area contributed by atoms with Gasteiger partial charge in [0.15, 0.2) is 0 Å². The molecular formula is C15H13ClN2O3. The molecule has 0 aromatic heterocycles. The van der Waals surface area contributed by atoms with Crippen molar-refractivity contribution in [1.82, 2.24) is 5.32 Å². The average molecular weight is 305 g/mol. The van der Waals surface area contributed by atoms with Crippen molar-refractivity contribution < 1.29 is 9.72 Å². The molecule has 0 aliphatic rings. The molecule has 1 amide bonds. The van der Waals surface area contributed by atoms with Crippen LogP contribution in [0.5, 0.6) is 0 Å². The molecule has 21 heavy (non-hydrogen) atoms. The lowest BCUT2D eigenvalue weighted by Crippen LogP contribution is -2.22. The normalized spacial score (nSPS) is 10.2. The Morgan fingerprint density at radius 1 is 1.24 bits per heavy atom. The molecule has 0 unspecified atom stereocenters. The molecule has 1 N–H and O–H groups in total. The molecule has 2 aromatic rings. The molecule has 0 fully saturated rings. The highest BCUT2D eigenvalue weighted by Crippen LogP contribution is 2.25. The summed E-state index contributed by atoms with van der Waals surface area (Å²) in [4.78, 5) is 22.2. The molecular weight excluding hydrogens is 292 g/mol. The number of nitrogens with one attached hydrogen (secondary N) is 1. The molecule has 0 radical (unpaired) electrons. The SMILES string of the molecule is Cc1ccc(CNC(=O)c2ccc(Cl)c([N+](=O)[O-])c2)cc1. The number of nitro benzene ring substituents is 1. The lowest BCUT2D eigenvalue weighted by Gasteiger charge is -2.06. The Morgan fingerprint density at radius 2 is 1.90 bits per heavy atom. The van der Waals surface area contributed by atoms with Crippen molar-refractivity contribution in [3.63, 3.8) is 0 Å². The van der Waals surface area contributed by atoms with E-state index in [2.05, 4.69) is 5.32 Å². The predicted octanol–water partition coefficient (Wildman–Crippen LogP) is 3.49. The van der Waals surface area contributed by atoms with Crippen LogP contribution in [-0.2, 0) is 6.54 Å². The van der Waals surface area contributed by atoms with E-state index in [1.54, 1.807) is 0 Å². The smallest absolute Gasteiger partial charge is 0.288 e. The van der Waals surface area contributed by atoms with Gasteiger partial charge in [-0.25, -0.2) is 0 Å². The largest absolute Gasteiger partial charge is 0.348 e. The third-order valence-electron chi connectivity index (χ3n) is 2.98. The van der Waals surface area contributed by atoms with Crippen molar-refractivity contribution in [2.45, 2.75) is 13.5 Å². The van der Waals surface area contributed by atoms with Crippen LogP contribution in [0.25, 0.3) is 0 Å². The monoisotopic (exact) mass is 304 g/mol. The highest BCUT2D eigenvalue weighted by molar-refractivity contribution is 6.32. The summed E-state index contributed by atoms with van der Waals surface area (Å²) >= 11 is 5.71. The summed E-state index contributed by atoms with van der Waals surface area (Å²) in [6.45, 7) is 2.34. The number of carbonyl (C=O) groups is 1. The maximum Gasteiger partial charge on any atom is 0.288 e. The highest BCUT2D eigenvalue weighted by Gasteiger charge is 2.16. The van der Waals surface area contributed by atoms with E-state index in [0.717, 1.165) is 11.1 Å². The van der Waals surface area contributed by atoms with Gasteiger partial charge >= 0.3 is 0 Å². The Morgan fingerprint density at radius 3 is 2.52 bits per heavy atom. The van der Waals surface area contributed by atoms with Crippen molar-refractivity contribution >= 4 is 23.2 Å². The summed E-state index contributed by atoms with van der Waals surface area (Å²) in [5, 5.41) is 13.5. The molecule has 0 spiro atoms. The number of rotatable bonds is 4. The topological polar surface area (TPSA) is 72.2 Å². The average Bonchev–Trinajstić information content (AvgIpc) is 2.46. The summed E-state index contributed by atoms with van der Waals surface area (Å²) in [5.41, 5.74) is 2.02. The van der Waals surface area contributed by atoms with Crippen molar-refractivity contribution in [2.75, 3.05) is 0 Å². The van der Waals surface area contributed by atoms with Gasteiger partial charge in [-0.2, -0.15) is 0 Å². The van der Waals surface area contributed by atoms with Gasteiger partial charge in [0, 0.05) is 18.2 Å². The molecule has 0 aliphatic carbocycles. The Labute approximate surface area is 126 Å². The Hall–Kier alpha value is -2.40. The van der Waals surface area contributed by atoms with E-state index in [-0.39, 0.29) is 22.2 Å². The third kappa shape index (κ3) is 3.79. The first kappa shape index (κ1) is 15.0. The van der Waals surface area contributed by atoms with Crippen LogP contribution in [-0.4, -0.2) is 10.8 Å². The fraction of sp³-hybridized carbons (Fsp3) is 0.133. The summed E-state index contributed by atoms with van der Waals surface area (Å²) < 4.78 is 0. The van der Waals surface area contributed by atoms with E-state index in [9.17, 15) is 14.9 Å². The molecule has 0 bridgehead atoms. The Balaban J connectivity index is 2.08. The molecule has 2 aromatic carbocycles. The van der Waals surface area contributed by atoms with E-state index in [1.807, 2.05) is 31.2 Å². The van der Waals surface area contributed by atoms with Crippen LogP contribution >= 0.6 is 11.6 Å². The fourth-order valence-electron chi connectivity index (χ4n) is 1.78. The number of nitrogens with zero attached hydrogens (tertiary/aromatic N) is 1. The van der Waals surface area contributed by atoms with E-state index in [4.69, 9.17) is 11.6 Å². The van der Waals surface area contributed by atoms with Crippen molar-refractivity contribution in [3.05, 3.63) is 74.3 Å². The van der Waals surface area contributed by atoms with Gasteiger partial charge in [-0.3, -0.25) is 14.9 Å². The van der Waals surface area contributed by atoms with Crippen LogP contribution in [0.3, 0.4) is 0 Å². The quantitative estimate of drug-likeness (QED) is 0.694. The number of carbonyl (C=O) groups excluding carboxylic acids is 1. The Bertz CT molecular complexity index is 684. The number of aryl methyl sites for hydroxylation is 1. The molecule has 0 aliphatic heterocycles. The zero-order valence-electron chi connectivity index (χ0n) is 11.3. The van der Waals surface area contributed by atoms with Crippen molar-refractivity contribution in [1.29, 1.82) is 0 Å². The van der Waals surface area contributed by atoms with E-state index >= 15 is 0 Å². The predicted molar refractivity (Wildman–Crippen MR) is 80.5 cm³/mol. The summed E-state index contributed by atoms with van der Waals surface area (Å²) in [5.74, 6) is -0.379. The minimum atomic E-state index is -0.612. The minimum Gasteiger partial charge on any atom is -0.348 e. The van der Waals surface area contributed by atoms with Gasteiger partial charge in [-0.15, -0.1) is 0 Å². The van der Waals surface area contributed by atoms with Crippen LogP contribution in [0.2, 0.25) is 5.02 Å². The van der Waals surface area contributed by atoms with E-state index in [0.29, 0.717) is 6.54 Å². The number of amides is 1. The van der Waals surface area contributed by atoms with Gasteiger partial charge in [0.05, 0.1) is 4.92 Å². The number of halogens is 1. The van der Waals surface area contributed by atoms with Gasteiger partial charge in [0.25, 0.3) is 11.6 Å². The lowest BCUT2D eigenvalue weighted by molar-refractivity contribution is -0.384. The number of nitro groups is 1. The molecule has 0 atom stereocenters. The first-order valence-corrected chi connectivity index (χ1v) is 6.63. The van der Waals surface area contributed by atoms with Crippen molar-refractivity contribution in [2.24, 2.45) is 0 Å². The fourth-order valence-corrected chi connectivity index (χ4v) is 1.97. The first-order valence-electron chi connectivity index (χ1n) is 6.25. The van der Waals surface area contributed by atoms with Crippen LogP contribution in [0.1, 0.15) is 21.5 Å². The van der Waals surface area contributed by atoms with Gasteiger partial charge in [-0.05, 0) is 24.6 Å². The maximum absolute atomic E-state index is 12.0. The standard InChI is InChI=1S/C15H13ClN2O3/c1-10-2-4-11(5-3-10)9-17-15(19)12-6-7-13(16)14(8-12)18(20)21/h2-8H,9H2,1H3,(H,17,19). The summed E-state index contributed by atoms with van der Waals surface area (Å²) in [6.07, 6.45) is 0. The molecule has 2 rings (SSSR count). The maximum atomic E-state index is 12.0. The number of hydrogen-bond acceptors (Lipinski definition) is 3. The van der Waals surface area contributed by atoms with E-state index in [1.165, 1.54) is 18.2 Å². The Kier molecular flexibility index (Phi) is 4.55. The molecule has 0 saturated heterocycles. The first-order chi connectivity index (χ1) is 9.97. The molecule has 0 saturated carbocycles. The lowest BCUT2D eigenvalue weighted by atomic mass is 10.1. The zero-order chi connectivity index (χ0) is 15.4. The second-order valence-electron chi connectivity index (χ2n) is 4.59. The minimum absolute atomic E-state index is 0.00934. The van der Waals surface area contributed by atoms with Gasteiger partial charge in [-0.1, -0.05) is 41.4 Å². The van der Waals surface area contributed by atoms with Crippen LogP contribution < -0.4 is 5.32 Å². The summed E-state index contributed by atoms with van der Waals surface area (Å²) in [6, 6.07) is 11.7. The van der Waals surface area contributed by atoms with Gasteiger partial charge < -0.3 is 5.32 Å². The molecule has 108 valence electrons. The molecule has 0 heterocycles. The molecule has 6 heteroatoms. The van der Waals surface area contributed by atoms with Gasteiger partial charge in [0.1, 0.15) is 5.02 Å².